The van der Waals surface area contributed by atoms with E-state index in [0.29, 0.717) is 10.7 Å². The quantitative estimate of drug-likeness (QED) is 0.605. The summed E-state index contributed by atoms with van der Waals surface area (Å²) < 4.78 is 15.2. The molecule has 1 rings (SSSR count). The molecule has 1 aromatic rings. The van der Waals surface area contributed by atoms with E-state index in [1.807, 2.05) is 27.7 Å². The predicted octanol–water partition coefficient (Wildman–Crippen LogP) is 2.92. The van der Waals surface area contributed by atoms with Crippen molar-refractivity contribution < 1.29 is 4.55 Å². The number of rotatable bonds is 2. The van der Waals surface area contributed by atoms with Gasteiger partial charge in [0.25, 0.3) is 0 Å². The highest BCUT2D eigenvalue weighted by Gasteiger charge is 2.25. The van der Waals surface area contributed by atoms with Crippen LogP contribution in [0.5, 0.6) is 0 Å². The van der Waals surface area contributed by atoms with Gasteiger partial charge in [0, 0.05) is 11.2 Å². The number of hydrogen-bond donors (Lipinski definition) is 0. The molecule has 1 unspecified atom stereocenters. The first-order valence-corrected chi connectivity index (χ1v) is 6.37. The maximum absolute atomic E-state index is 11.6. The van der Waals surface area contributed by atoms with Crippen LogP contribution in [0.2, 0.25) is 5.02 Å². The second-order valence-electron chi connectivity index (χ2n) is 4.45. The lowest BCUT2D eigenvalue weighted by Crippen LogP contribution is -2.25. The molecule has 5 heteroatoms. The van der Waals surface area contributed by atoms with Gasteiger partial charge in [-0.3, -0.25) is 4.98 Å². The molecule has 0 N–H and O–H groups in total. The molecule has 0 saturated carbocycles. The molecule has 0 saturated heterocycles. The molecule has 0 bridgehead atoms. The van der Waals surface area contributed by atoms with Gasteiger partial charge in [-0.1, -0.05) is 16.0 Å². The smallest absolute Gasteiger partial charge is 0.144 e. The van der Waals surface area contributed by atoms with Crippen molar-refractivity contribution in [3.05, 3.63) is 28.5 Å². The number of aryl methyl sites for hydroxylation is 1. The van der Waals surface area contributed by atoms with Crippen LogP contribution in [-0.2, 0) is 11.4 Å². The van der Waals surface area contributed by atoms with Crippen LogP contribution in [0.1, 0.15) is 32.0 Å². The molecule has 0 radical (unpaired) electrons. The summed E-state index contributed by atoms with van der Waals surface area (Å²) in [6.45, 7) is 7.49. The molecule has 1 heterocycles. The van der Waals surface area contributed by atoms with E-state index in [2.05, 4.69) is 9.38 Å². The largest absolute Gasteiger partial charge is 0.591 e. The van der Waals surface area contributed by atoms with Gasteiger partial charge in [-0.15, -0.1) is 0 Å². The zero-order valence-electron chi connectivity index (χ0n) is 9.82. The summed E-state index contributed by atoms with van der Waals surface area (Å²) >= 11 is 4.68. The van der Waals surface area contributed by atoms with Crippen LogP contribution < -0.4 is 0 Å². The van der Waals surface area contributed by atoms with Gasteiger partial charge in [0.1, 0.15) is 22.3 Å². The van der Waals surface area contributed by atoms with Crippen molar-refractivity contribution in [3.63, 3.8) is 0 Å². The molecule has 0 aliphatic heterocycles. The van der Waals surface area contributed by atoms with Crippen molar-refractivity contribution in [1.82, 2.24) is 4.98 Å². The number of pyridine rings is 1. The van der Waals surface area contributed by atoms with Crippen LogP contribution in [-0.4, -0.2) is 20.5 Å². The van der Waals surface area contributed by atoms with Crippen molar-refractivity contribution in [3.8, 4) is 0 Å². The van der Waals surface area contributed by atoms with Gasteiger partial charge in [-0.05, 0) is 39.3 Å². The summed E-state index contributed by atoms with van der Waals surface area (Å²) in [4.78, 5) is 4.12. The lowest BCUT2D eigenvalue weighted by molar-refractivity contribution is 0.562. The zero-order chi connectivity index (χ0) is 12.3. The van der Waals surface area contributed by atoms with Gasteiger partial charge in [0.2, 0.25) is 0 Å². The minimum atomic E-state index is -1.26. The van der Waals surface area contributed by atoms with Gasteiger partial charge in [-0.25, -0.2) is 0 Å². The monoisotopic (exact) mass is 258 g/mol. The molecule has 0 aromatic carbocycles. The Balaban J connectivity index is 2.81. The first-order valence-electron chi connectivity index (χ1n) is 4.89. The lowest BCUT2D eigenvalue weighted by atomic mass is 10.3. The summed E-state index contributed by atoms with van der Waals surface area (Å²) in [5.41, 5.74) is 1.53. The number of nitrogens with zero attached hydrogens (tertiary/aromatic N) is 2. The zero-order valence-corrected chi connectivity index (χ0v) is 11.4. The van der Waals surface area contributed by atoms with Crippen LogP contribution >= 0.6 is 11.6 Å². The van der Waals surface area contributed by atoms with Crippen molar-refractivity contribution in [2.75, 3.05) is 0 Å². The molecule has 0 aliphatic rings. The van der Waals surface area contributed by atoms with E-state index in [9.17, 15) is 4.55 Å². The van der Waals surface area contributed by atoms with Gasteiger partial charge in [0.05, 0.1) is 5.69 Å². The molecule has 0 fully saturated rings. The number of aromatic nitrogens is 1. The molecule has 1 atom stereocenters. The third-order valence-electron chi connectivity index (χ3n) is 1.86. The highest BCUT2D eigenvalue weighted by Crippen LogP contribution is 2.17. The van der Waals surface area contributed by atoms with Crippen LogP contribution in [0.15, 0.2) is 16.7 Å². The average Bonchev–Trinajstić information content (AvgIpc) is 2.18. The minimum Gasteiger partial charge on any atom is -0.591 e. The van der Waals surface area contributed by atoms with Crippen molar-refractivity contribution in [2.45, 2.75) is 32.4 Å². The topological polar surface area (TPSA) is 48.3 Å². The Kier molecular flexibility index (Phi) is 4.35. The number of halogens is 1. The van der Waals surface area contributed by atoms with E-state index in [1.54, 1.807) is 12.3 Å². The Hall–Kier alpha value is -0.580. The maximum Gasteiger partial charge on any atom is 0.144 e. The van der Waals surface area contributed by atoms with Crippen LogP contribution in [0.25, 0.3) is 0 Å². The normalized spacial score (nSPS) is 14.4. The summed E-state index contributed by atoms with van der Waals surface area (Å²) in [5, 5.41) is 0.637. The molecule has 0 aliphatic carbocycles. The van der Waals surface area contributed by atoms with Gasteiger partial charge >= 0.3 is 0 Å². The second kappa shape index (κ2) is 5.17. The highest BCUT2D eigenvalue weighted by atomic mass is 35.5. The summed E-state index contributed by atoms with van der Waals surface area (Å²) in [6.07, 6.45) is 3.16. The third kappa shape index (κ3) is 3.77. The van der Waals surface area contributed by atoms with E-state index in [4.69, 9.17) is 11.6 Å². The molecular weight excluding hydrogens is 244 g/mol. The first-order chi connectivity index (χ1) is 7.30. The second-order valence-corrected chi connectivity index (χ2v) is 6.80. The van der Waals surface area contributed by atoms with E-state index >= 15 is 0 Å². The maximum atomic E-state index is 11.6. The SMILES string of the molecule is Cc1cnc(C=N[S+]([O-])C(C)(C)C)cc1Cl. The fourth-order valence-corrected chi connectivity index (χ4v) is 1.53. The summed E-state index contributed by atoms with van der Waals surface area (Å²) in [5.74, 6) is 0. The van der Waals surface area contributed by atoms with Gasteiger partial charge in [-0.2, -0.15) is 0 Å². The van der Waals surface area contributed by atoms with E-state index < -0.39 is 11.4 Å². The molecular formula is C11H15ClN2OS. The number of hydrogen-bond acceptors (Lipinski definition) is 3. The van der Waals surface area contributed by atoms with E-state index in [0.717, 1.165) is 5.56 Å². The van der Waals surface area contributed by atoms with Crippen LogP contribution in [0.4, 0.5) is 0 Å². The summed E-state index contributed by atoms with van der Waals surface area (Å²) in [6, 6.07) is 1.71. The lowest BCUT2D eigenvalue weighted by Gasteiger charge is -2.17. The van der Waals surface area contributed by atoms with E-state index in [-0.39, 0.29) is 4.75 Å². The Morgan fingerprint density at radius 3 is 2.62 bits per heavy atom. The molecule has 16 heavy (non-hydrogen) atoms. The first kappa shape index (κ1) is 13.5. The fraction of sp³-hybridized carbons (Fsp3) is 0.455. The third-order valence-corrected chi connectivity index (χ3v) is 3.61. The average molecular weight is 259 g/mol. The standard InChI is InChI=1S/C11H15ClN2OS/c1-8-6-13-9(5-10(8)12)7-14-16(15)11(2,3)4/h5-7H,1-4H3. The van der Waals surface area contributed by atoms with Crippen LogP contribution in [0, 0.1) is 6.92 Å². The molecule has 88 valence electrons. The Labute approximate surface area is 104 Å². The fourth-order valence-electron chi connectivity index (χ4n) is 0.845. The predicted molar refractivity (Wildman–Crippen MR) is 69.5 cm³/mol. The van der Waals surface area contributed by atoms with E-state index in [1.165, 1.54) is 6.21 Å². The van der Waals surface area contributed by atoms with Gasteiger partial charge in [0.15, 0.2) is 0 Å². The Bertz CT molecular complexity index is 401. The molecule has 1 aromatic heterocycles. The molecule has 3 nitrogen and oxygen atoms in total. The molecule has 0 amide bonds. The van der Waals surface area contributed by atoms with Crippen molar-refractivity contribution in [1.29, 1.82) is 0 Å². The Morgan fingerprint density at radius 2 is 2.12 bits per heavy atom. The highest BCUT2D eigenvalue weighted by molar-refractivity contribution is 7.91. The minimum absolute atomic E-state index is 0.356. The molecule has 0 spiro atoms. The van der Waals surface area contributed by atoms with Crippen LogP contribution in [0.3, 0.4) is 0 Å². The van der Waals surface area contributed by atoms with Crippen molar-refractivity contribution >= 4 is 29.2 Å². The van der Waals surface area contributed by atoms with Gasteiger partial charge < -0.3 is 4.55 Å². The van der Waals surface area contributed by atoms with Crippen molar-refractivity contribution in [2.24, 2.45) is 4.40 Å². The Morgan fingerprint density at radius 1 is 1.50 bits per heavy atom. The summed E-state index contributed by atoms with van der Waals surface area (Å²) in [7, 11) is 0.